The van der Waals surface area contributed by atoms with E-state index in [0.717, 1.165) is 10.4 Å². The molecular weight excluding hydrogens is 223 g/mol. The summed E-state index contributed by atoms with van der Waals surface area (Å²) in [5.41, 5.74) is 7.53. The summed E-state index contributed by atoms with van der Waals surface area (Å²) in [5.74, 6) is -0.400. The number of halogens is 1. The molecule has 0 aliphatic heterocycles. The summed E-state index contributed by atoms with van der Waals surface area (Å²) in [7, 11) is 0. The van der Waals surface area contributed by atoms with Gasteiger partial charge in [0.1, 0.15) is 5.82 Å². The van der Waals surface area contributed by atoms with Gasteiger partial charge >= 0.3 is 0 Å². The first-order valence-corrected chi connectivity index (χ1v) is 5.60. The lowest BCUT2D eigenvalue weighted by Gasteiger charge is -2.03. The number of hydrogen-bond donors (Lipinski definition) is 1. The minimum atomic E-state index is -0.400. The number of nitrogens with zero attached hydrogens (tertiary/aromatic N) is 1. The predicted octanol–water partition coefficient (Wildman–Crippen LogP) is 2.88. The number of thiophene rings is 1. The lowest BCUT2D eigenvalue weighted by Crippen LogP contribution is -1.95. The van der Waals surface area contributed by atoms with Gasteiger partial charge in [-0.05, 0) is 40.8 Å². The minimum absolute atomic E-state index is 0.323. The summed E-state index contributed by atoms with van der Waals surface area (Å²) in [6.45, 7) is 0.422. The molecule has 0 bridgehead atoms. The summed E-state index contributed by atoms with van der Waals surface area (Å²) in [6.07, 6.45) is 0. The highest BCUT2D eigenvalue weighted by Gasteiger charge is 2.08. The SMILES string of the molecule is N#Cc1cc(F)cc(-c2ccsc2CN)c1. The maximum atomic E-state index is 13.3. The van der Waals surface area contributed by atoms with Gasteiger partial charge < -0.3 is 5.73 Å². The molecule has 0 radical (unpaired) electrons. The number of nitrogens with two attached hydrogens (primary N) is 1. The maximum absolute atomic E-state index is 13.3. The van der Waals surface area contributed by atoms with Gasteiger partial charge in [-0.3, -0.25) is 0 Å². The molecule has 0 saturated heterocycles. The zero-order valence-corrected chi connectivity index (χ0v) is 9.22. The van der Waals surface area contributed by atoms with Gasteiger partial charge in [0.2, 0.25) is 0 Å². The second-order valence-corrected chi connectivity index (χ2v) is 4.30. The Balaban J connectivity index is 2.56. The molecule has 2 N–H and O–H groups in total. The van der Waals surface area contributed by atoms with Crippen LogP contribution >= 0.6 is 11.3 Å². The fraction of sp³-hybridized carbons (Fsp3) is 0.0833. The molecule has 80 valence electrons. The standard InChI is InChI=1S/C12H9FN2S/c13-10-4-8(6-14)3-9(5-10)11-1-2-16-12(11)7-15/h1-5H,7,15H2. The van der Waals surface area contributed by atoms with Crippen molar-refractivity contribution >= 4 is 11.3 Å². The van der Waals surface area contributed by atoms with Gasteiger partial charge in [-0.15, -0.1) is 11.3 Å². The average Bonchev–Trinajstić information content (AvgIpc) is 2.76. The van der Waals surface area contributed by atoms with Crippen molar-refractivity contribution < 1.29 is 4.39 Å². The monoisotopic (exact) mass is 232 g/mol. The molecule has 16 heavy (non-hydrogen) atoms. The Morgan fingerprint density at radius 1 is 1.38 bits per heavy atom. The third kappa shape index (κ3) is 1.96. The molecule has 1 aromatic carbocycles. The number of rotatable bonds is 2. The Kier molecular flexibility index (Phi) is 3.00. The highest BCUT2D eigenvalue weighted by molar-refractivity contribution is 7.10. The largest absolute Gasteiger partial charge is 0.326 e. The van der Waals surface area contributed by atoms with Crippen LogP contribution in [-0.4, -0.2) is 0 Å². The van der Waals surface area contributed by atoms with E-state index in [1.165, 1.54) is 23.5 Å². The predicted molar refractivity (Wildman–Crippen MR) is 62.3 cm³/mol. The molecule has 2 rings (SSSR count). The molecule has 0 saturated carbocycles. The van der Waals surface area contributed by atoms with Crippen LogP contribution in [0.15, 0.2) is 29.6 Å². The highest BCUT2D eigenvalue weighted by atomic mass is 32.1. The first-order chi connectivity index (χ1) is 7.74. The molecule has 2 aromatic rings. The van der Waals surface area contributed by atoms with Crippen molar-refractivity contribution in [1.82, 2.24) is 0 Å². The van der Waals surface area contributed by atoms with E-state index in [0.29, 0.717) is 17.7 Å². The summed E-state index contributed by atoms with van der Waals surface area (Å²) < 4.78 is 13.3. The quantitative estimate of drug-likeness (QED) is 0.865. The van der Waals surface area contributed by atoms with Gasteiger partial charge in [0.15, 0.2) is 0 Å². The van der Waals surface area contributed by atoms with Gasteiger partial charge in [-0.25, -0.2) is 4.39 Å². The topological polar surface area (TPSA) is 49.8 Å². The maximum Gasteiger partial charge on any atom is 0.125 e. The molecular formula is C12H9FN2S. The Morgan fingerprint density at radius 2 is 2.19 bits per heavy atom. The first kappa shape index (κ1) is 10.8. The van der Waals surface area contributed by atoms with Crippen LogP contribution in [0.4, 0.5) is 4.39 Å². The summed E-state index contributed by atoms with van der Waals surface area (Å²) in [4.78, 5) is 0.995. The zero-order chi connectivity index (χ0) is 11.5. The molecule has 0 aliphatic rings. The van der Waals surface area contributed by atoms with Gasteiger partial charge in [0, 0.05) is 11.4 Å². The summed E-state index contributed by atoms with van der Waals surface area (Å²) in [5, 5.41) is 10.7. The Bertz CT molecular complexity index is 554. The molecule has 1 heterocycles. The van der Waals surface area contributed by atoms with Gasteiger partial charge in [-0.2, -0.15) is 5.26 Å². The van der Waals surface area contributed by atoms with Crippen molar-refractivity contribution in [2.45, 2.75) is 6.54 Å². The normalized spacial score (nSPS) is 10.1. The van der Waals surface area contributed by atoms with Crippen molar-refractivity contribution in [2.75, 3.05) is 0 Å². The number of nitriles is 1. The molecule has 0 fully saturated rings. The molecule has 2 nitrogen and oxygen atoms in total. The molecule has 0 aliphatic carbocycles. The fourth-order valence-electron chi connectivity index (χ4n) is 1.57. The van der Waals surface area contributed by atoms with Gasteiger partial charge in [-0.1, -0.05) is 0 Å². The Hall–Kier alpha value is -1.70. The van der Waals surface area contributed by atoms with Crippen molar-refractivity contribution in [1.29, 1.82) is 5.26 Å². The van der Waals surface area contributed by atoms with Crippen molar-refractivity contribution in [3.05, 3.63) is 45.9 Å². The third-order valence-corrected chi connectivity index (χ3v) is 3.21. The Morgan fingerprint density at radius 3 is 2.88 bits per heavy atom. The van der Waals surface area contributed by atoms with Crippen LogP contribution < -0.4 is 5.73 Å². The molecule has 0 spiro atoms. The van der Waals surface area contributed by atoms with E-state index in [1.807, 2.05) is 17.5 Å². The van der Waals surface area contributed by atoms with Crippen LogP contribution in [0.3, 0.4) is 0 Å². The molecule has 1 aromatic heterocycles. The minimum Gasteiger partial charge on any atom is -0.326 e. The highest BCUT2D eigenvalue weighted by Crippen LogP contribution is 2.29. The third-order valence-electron chi connectivity index (χ3n) is 2.27. The van der Waals surface area contributed by atoms with E-state index in [2.05, 4.69) is 0 Å². The number of hydrogen-bond acceptors (Lipinski definition) is 3. The lowest BCUT2D eigenvalue weighted by atomic mass is 10.0. The Labute approximate surface area is 96.8 Å². The van der Waals surface area contributed by atoms with Crippen molar-refractivity contribution in [3.63, 3.8) is 0 Å². The summed E-state index contributed by atoms with van der Waals surface area (Å²) >= 11 is 1.53. The second kappa shape index (κ2) is 4.44. The van der Waals surface area contributed by atoms with E-state index in [9.17, 15) is 4.39 Å². The van der Waals surface area contributed by atoms with Crippen LogP contribution in [-0.2, 0) is 6.54 Å². The van der Waals surface area contributed by atoms with E-state index < -0.39 is 5.82 Å². The smallest absolute Gasteiger partial charge is 0.125 e. The van der Waals surface area contributed by atoms with E-state index >= 15 is 0 Å². The van der Waals surface area contributed by atoms with Crippen molar-refractivity contribution in [3.8, 4) is 17.2 Å². The van der Waals surface area contributed by atoms with Crippen LogP contribution in [0.25, 0.3) is 11.1 Å². The molecule has 0 atom stereocenters. The molecule has 4 heteroatoms. The van der Waals surface area contributed by atoms with E-state index in [-0.39, 0.29) is 0 Å². The fourth-order valence-corrected chi connectivity index (χ4v) is 2.34. The van der Waals surface area contributed by atoms with Gasteiger partial charge in [0.25, 0.3) is 0 Å². The average molecular weight is 232 g/mol. The summed E-state index contributed by atoms with van der Waals surface area (Å²) in [6, 6.07) is 8.14. The molecule has 0 unspecified atom stereocenters. The van der Waals surface area contributed by atoms with Crippen LogP contribution in [0.5, 0.6) is 0 Å². The number of benzene rings is 1. The zero-order valence-electron chi connectivity index (χ0n) is 8.40. The lowest BCUT2D eigenvalue weighted by molar-refractivity contribution is 0.628. The van der Waals surface area contributed by atoms with E-state index in [4.69, 9.17) is 11.0 Å². The van der Waals surface area contributed by atoms with Crippen molar-refractivity contribution in [2.24, 2.45) is 5.73 Å². The van der Waals surface area contributed by atoms with Gasteiger partial charge in [0.05, 0.1) is 11.6 Å². The van der Waals surface area contributed by atoms with Crippen LogP contribution in [0, 0.1) is 17.1 Å². The van der Waals surface area contributed by atoms with Crippen LogP contribution in [0.2, 0.25) is 0 Å². The first-order valence-electron chi connectivity index (χ1n) is 4.72. The van der Waals surface area contributed by atoms with E-state index in [1.54, 1.807) is 6.07 Å². The van der Waals surface area contributed by atoms with Crippen LogP contribution in [0.1, 0.15) is 10.4 Å². The second-order valence-electron chi connectivity index (χ2n) is 3.30. The molecule has 0 amide bonds.